The molecule has 0 amide bonds. The molecular formula is C15H13FO6. The first kappa shape index (κ1) is 15.6. The number of carbonyl (C=O) groups excluding carboxylic acids is 2. The number of carbonyl (C=O) groups is 2. The van der Waals surface area contributed by atoms with Crippen LogP contribution in [0.25, 0.3) is 0 Å². The lowest BCUT2D eigenvalue weighted by Gasteiger charge is -2.05. The first-order valence-corrected chi connectivity index (χ1v) is 6.23. The van der Waals surface area contributed by atoms with Crippen LogP contribution < -0.4 is 4.74 Å². The van der Waals surface area contributed by atoms with Gasteiger partial charge in [0.25, 0.3) is 0 Å². The summed E-state index contributed by atoms with van der Waals surface area (Å²) in [4.78, 5) is 23.0. The summed E-state index contributed by atoms with van der Waals surface area (Å²) < 4.78 is 32.9. The molecule has 2 aromatic rings. The highest BCUT2D eigenvalue weighted by atomic mass is 19.1. The Morgan fingerprint density at radius 1 is 1.14 bits per heavy atom. The van der Waals surface area contributed by atoms with Crippen molar-refractivity contribution in [3.63, 3.8) is 0 Å². The summed E-state index contributed by atoms with van der Waals surface area (Å²) in [5.74, 6) is -1.72. The molecule has 116 valence electrons. The van der Waals surface area contributed by atoms with E-state index in [1.807, 2.05) is 0 Å². The van der Waals surface area contributed by atoms with Gasteiger partial charge in [0.15, 0.2) is 11.6 Å². The lowest BCUT2D eigenvalue weighted by Crippen LogP contribution is -2.05. The Kier molecular flexibility index (Phi) is 4.77. The highest BCUT2D eigenvalue weighted by molar-refractivity contribution is 5.89. The third kappa shape index (κ3) is 3.43. The van der Waals surface area contributed by atoms with Crippen LogP contribution in [0.3, 0.4) is 0 Å². The molecule has 1 aromatic heterocycles. The predicted octanol–water partition coefficient (Wildman–Crippen LogP) is 2.57. The van der Waals surface area contributed by atoms with Crippen LogP contribution in [0.15, 0.2) is 34.7 Å². The number of esters is 2. The fourth-order valence-electron chi connectivity index (χ4n) is 1.68. The normalized spacial score (nSPS) is 10.1. The zero-order valence-corrected chi connectivity index (χ0v) is 11.9. The van der Waals surface area contributed by atoms with E-state index in [0.29, 0.717) is 0 Å². The standard InChI is InChI=1S/C15H13FO6/c1-19-12-5-3-9(7-11(12)16)14(17)21-8-10-4-6-13(22-10)15(18)20-2/h3-7H,8H2,1-2H3. The van der Waals surface area contributed by atoms with Gasteiger partial charge in [0.2, 0.25) is 5.76 Å². The maximum absolute atomic E-state index is 13.5. The predicted molar refractivity (Wildman–Crippen MR) is 72.1 cm³/mol. The Bertz CT molecular complexity index is 691. The van der Waals surface area contributed by atoms with Gasteiger partial charge >= 0.3 is 11.9 Å². The fourth-order valence-corrected chi connectivity index (χ4v) is 1.68. The van der Waals surface area contributed by atoms with Gasteiger partial charge in [-0.25, -0.2) is 14.0 Å². The van der Waals surface area contributed by atoms with Crippen LogP contribution in [-0.4, -0.2) is 26.2 Å². The van der Waals surface area contributed by atoms with Crippen molar-refractivity contribution in [1.82, 2.24) is 0 Å². The van der Waals surface area contributed by atoms with Gasteiger partial charge in [0.05, 0.1) is 19.8 Å². The van der Waals surface area contributed by atoms with E-state index in [1.54, 1.807) is 0 Å². The van der Waals surface area contributed by atoms with Crippen molar-refractivity contribution in [2.45, 2.75) is 6.61 Å². The Labute approximate surface area is 125 Å². The number of rotatable bonds is 5. The Morgan fingerprint density at radius 2 is 1.91 bits per heavy atom. The summed E-state index contributed by atoms with van der Waals surface area (Å²) in [5, 5.41) is 0. The summed E-state index contributed by atoms with van der Waals surface area (Å²) >= 11 is 0. The van der Waals surface area contributed by atoms with Gasteiger partial charge in [0.1, 0.15) is 12.4 Å². The molecule has 0 aliphatic carbocycles. The third-order valence-corrected chi connectivity index (χ3v) is 2.78. The molecule has 0 N–H and O–H groups in total. The lowest BCUT2D eigenvalue weighted by molar-refractivity contribution is 0.0438. The Hall–Kier alpha value is -2.83. The van der Waals surface area contributed by atoms with Gasteiger partial charge in [-0.15, -0.1) is 0 Å². The minimum atomic E-state index is -0.724. The molecule has 0 bridgehead atoms. The average Bonchev–Trinajstić information content (AvgIpc) is 3.00. The van der Waals surface area contributed by atoms with Crippen molar-refractivity contribution in [3.05, 3.63) is 53.2 Å². The van der Waals surface area contributed by atoms with E-state index in [2.05, 4.69) is 4.74 Å². The molecule has 0 unspecified atom stereocenters. The van der Waals surface area contributed by atoms with Gasteiger partial charge in [-0.2, -0.15) is 0 Å². The van der Waals surface area contributed by atoms with Crippen molar-refractivity contribution < 1.29 is 32.6 Å². The lowest BCUT2D eigenvalue weighted by atomic mass is 10.2. The van der Waals surface area contributed by atoms with Gasteiger partial charge < -0.3 is 18.6 Å². The molecule has 7 heteroatoms. The van der Waals surface area contributed by atoms with Gasteiger partial charge in [0, 0.05) is 0 Å². The number of methoxy groups -OCH3 is 2. The van der Waals surface area contributed by atoms with Gasteiger partial charge in [-0.3, -0.25) is 0 Å². The molecule has 0 fully saturated rings. The largest absolute Gasteiger partial charge is 0.494 e. The first-order valence-electron chi connectivity index (χ1n) is 6.23. The quantitative estimate of drug-likeness (QED) is 0.790. The summed E-state index contributed by atoms with van der Waals surface area (Å²) in [5.41, 5.74) is 0.0399. The molecule has 22 heavy (non-hydrogen) atoms. The van der Waals surface area contributed by atoms with Crippen molar-refractivity contribution in [2.24, 2.45) is 0 Å². The van der Waals surface area contributed by atoms with Gasteiger partial charge in [-0.1, -0.05) is 0 Å². The van der Waals surface area contributed by atoms with Crippen molar-refractivity contribution in [3.8, 4) is 5.75 Å². The molecule has 2 rings (SSSR count). The third-order valence-electron chi connectivity index (χ3n) is 2.78. The monoisotopic (exact) mass is 308 g/mol. The van der Waals surface area contributed by atoms with E-state index in [4.69, 9.17) is 13.9 Å². The van der Waals surface area contributed by atoms with Crippen molar-refractivity contribution in [2.75, 3.05) is 14.2 Å². The van der Waals surface area contributed by atoms with E-state index in [9.17, 15) is 14.0 Å². The molecule has 1 heterocycles. The van der Waals surface area contributed by atoms with Crippen LogP contribution in [0.5, 0.6) is 5.75 Å². The highest BCUT2D eigenvalue weighted by Gasteiger charge is 2.14. The Balaban J connectivity index is 1.99. The van der Waals surface area contributed by atoms with Crippen molar-refractivity contribution in [1.29, 1.82) is 0 Å². The smallest absolute Gasteiger partial charge is 0.373 e. The summed E-state index contributed by atoms with van der Waals surface area (Å²) in [6.45, 7) is -0.191. The molecule has 1 aromatic carbocycles. The summed E-state index contributed by atoms with van der Waals surface area (Å²) in [6.07, 6.45) is 0. The number of hydrogen-bond acceptors (Lipinski definition) is 6. The number of ether oxygens (including phenoxy) is 3. The molecule has 0 aliphatic heterocycles. The fraction of sp³-hybridized carbons (Fsp3) is 0.200. The molecule has 0 saturated heterocycles. The second-order valence-electron chi connectivity index (χ2n) is 4.18. The number of furan rings is 1. The van der Waals surface area contributed by atoms with Crippen LogP contribution >= 0.6 is 0 Å². The van der Waals surface area contributed by atoms with E-state index in [0.717, 1.165) is 6.07 Å². The second kappa shape index (κ2) is 6.75. The average molecular weight is 308 g/mol. The molecule has 0 saturated carbocycles. The van der Waals surface area contributed by atoms with Crippen LogP contribution in [0.4, 0.5) is 4.39 Å². The summed E-state index contributed by atoms with van der Waals surface area (Å²) in [6, 6.07) is 6.61. The number of benzene rings is 1. The van der Waals surface area contributed by atoms with E-state index < -0.39 is 17.8 Å². The highest BCUT2D eigenvalue weighted by Crippen LogP contribution is 2.18. The van der Waals surface area contributed by atoms with Crippen LogP contribution in [-0.2, 0) is 16.1 Å². The minimum Gasteiger partial charge on any atom is -0.494 e. The SMILES string of the molecule is COC(=O)c1ccc(COC(=O)c2ccc(OC)c(F)c2)o1. The zero-order chi connectivity index (χ0) is 16.1. The molecule has 6 nitrogen and oxygen atoms in total. The molecule has 0 radical (unpaired) electrons. The maximum Gasteiger partial charge on any atom is 0.373 e. The zero-order valence-electron chi connectivity index (χ0n) is 11.9. The second-order valence-corrected chi connectivity index (χ2v) is 4.18. The minimum absolute atomic E-state index is 0.00374. The van der Waals surface area contributed by atoms with E-state index in [-0.39, 0.29) is 29.4 Å². The maximum atomic E-state index is 13.5. The number of halogens is 1. The van der Waals surface area contributed by atoms with Crippen molar-refractivity contribution >= 4 is 11.9 Å². The molecule has 0 spiro atoms. The first-order chi connectivity index (χ1) is 10.5. The van der Waals surface area contributed by atoms with Gasteiger partial charge in [-0.05, 0) is 30.3 Å². The molecular weight excluding hydrogens is 295 g/mol. The summed E-state index contributed by atoms with van der Waals surface area (Å²) in [7, 11) is 2.55. The van der Waals surface area contributed by atoms with E-state index in [1.165, 1.54) is 38.5 Å². The molecule has 0 aliphatic rings. The topological polar surface area (TPSA) is 75.0 Å². The number of hydrogen-bond donors (Lipinski definition) is 0. The molecule has 0 atom stereocenters. The van der Waals surface area contributed by atoms with Crippen LogP contribution in [0.2, 0.25) is 0 Å². The van der Waals surface area contributed by atoms with Crippen LogP contribution in [0.1, 0.15) is 26.7 Å². The Morgan fingerprint density at radius 3 is 2.55 bits per heavy atom. The van der Waals surface area contributed by atoms with E-state index >= 15 is 0 Å². The van der Waals surface area contributed by atoms with Crippen LogP contribution in [0, 0.1) is 5.82 Å².